The Kier molecular flexibility index (Phi) is 2.99. The molecule has 0 aliphatic heterocycles. The van der Waals surface area contributed by atoms with Crippen molar-refractivity contribution in [2.75, 3.05) is 4.72 Å². The Morgan fingerprint density at radius 3 is 2.72 bits per heavy atom. The van der Waals surface area contributed by atoms with Gasteiger partial charge in [0.1, 0.15) is 11.0 Å². The summed E-state index contributed by atoms with van der Waals surface area (Å²) in [4.78, 5) is 3.59. The van der Waals surface area contributed by atoms with Crippen molar-refractivity contribution in [1.82, 2.24) is 10.1 Å². The molecule has 0 unspecified atom stereocenters. The van der Waals surface area contributed by atoms with E-state index in [-0.39, 0.29) is 16.5 Å². The molecule has 1 heterocycles. The monoisotopic (exact) mass is 264 g/mol. The van der Waals surface area contributed by atoms with E-state index in [1.807, 2.05) is 0 Å². The molecular weight excluding hydrogens is 256 g/mol. The van der Waals surface area contributed by atoms with E-state index in [1.165, 1.54) is 18.2 Å². The lowest BCUT2D eigenvalue weighted by molar-refractivity contribution is 0.429. The number of nitriles is 1. The zero-order valence-corrected chi connectivity index (χ0v) is 10.1. The van der Waals surface area contributed by atoms with Crippen LogP contribution in [0.3, 0.4) is 0 Å². The summed E-state index contributed by atoms with van der Waals surface area (Å²) < 4.78 is 30.8. The number of hydrogen-bond acceptors (Lipinski definition) is 6. The summed E-state index contributed by atoms with van der Waals surface area (Å²) >= 11 is 0. The largest absolute Gasteiger partial charge is 0.335 e. The third-order valence-electron chi connectivity index (χ3n) is 2.05. The Labute approximate surface area is 103 Å². The van der Waals surface area contributed by atoms with Gasteiger partial charge in [-0.25, -0.2) is 13.1 Å². The van der Waals surface area contributed by atoms with Gasteiger partial charge in [-0.1, -0.05) is 17.3 Å². The van der Waals surface area contributed by atoms with E-state index < -0.39 is 10.0 Å². The number of hydrogen-bond donors (Lipinski definition) is 1. The summed E-state index contributed by atoms with van der Waals surface area (Å²) in [5, 5.41) is 12.3. The fourth-order valence-corrected chi connectivity index (χ4v) is 2.39. The first-order valence-corrected chi connectivity index (χ1v) is 6.33. The minimum absolute atomic E-state index is 0.0428. The molecule has 0 aliphatic rings. The van der Waals surface area contributed by atoms with Crippen LogP contribution < -0.4 is 4.72 Å². The second kappa shape index (κ2) is 4.46. The maximum Gasteiger partial charge on any atom is 0.335 e. The van der Waals surface area contributed by atoms with Crippen LogP contribution in [0.25, 0.3) is 0 Å². The highest BCUT2D eigenvalue weighted by Gasteiger charge is 2.20. The molecule has 1 aromatic carbocycles. The predicted molar refractivity (Wildman–Crippen MR) is 61.0 cm³/mol. The summed E-state index contributed by atoms with van der Waals surface area (Å²) in [5.74, 6) is 0.307. The fourth-order valence-electron chi connectivity index (χ4n) is 1.30. The second-order valence-corrected chi connectivity index (χ2v) is 5.01. The number of benzene rings is 1. The standard InChI is InChI=1S/C10H8N4O3S/c1-7-12-10(17-13-7)14-18(15,16)9-5-3-2-4-8(9)6-11/h2-5H,1H3,(H,12,13,14). The van der Waals surface area contributed by atoms with Crippen molar-refractivity contribution in [2.45, 2.75) is 11.8 Å². The average molecular weight is 264 g/mol. The Morgan fingerprint density at radius 1 is 1.39 bits per heavy atom. The van der Waals surface area contributed by atoms with E-state index >= 15 is 0 Å². The molecule has 0 spiro atoms. The van der Waals surface area contributed by atoms with Crippen LogP contribution in [0.1, 0.15) is 11.4 Å². The van der Waals surface area contributed by atoms with Gasteiger partial charge in [0.25, 0.3) is 10.0 Å². The molecule has 0 saturated carbocycles. The topological polar surface area (TPSA) is 109 Å². The molecule has 18 heavy (non-hydrogen) atoms. The number of aryl methyl sites for hydroxylation is 1. The van der Waals surface area contributed by atoms with Gasteiger partial charge in [-0.15, -0.1) is 0 Å². The number of anilines is 1. The average Bonchev–Trinajstić information content (AvgIpc) is 2.74. The van der Waals surface area contributed by atoms with Crippen molar-refractivity contribution in [2.24, 2.45) is 0 Å². The maximum absolute atomic E-state index is 12.0. The molecule has 0 saturated heterocycles. The lowest BCUT2D eigenvalue weighted by atomic mass is 10.2. The number of sulfonamides is 1. The molecule has 0 amide bonds. The third-order valence-corrected chi connectivity index (χ3v) is 3.42. The van der Waals surface area contributed by atoms with Gasteiger partial charge >= 0.3 is 6.01 Å². The summed E-state index contributed by atoms with van der Waals surface area (Å²) in [7, 11) is -3.91. The summed E-state index contributed by atoms with van der Waals surface area (Å²) in [5.41, 5.74) is 0.0428. The van der Waals surface area contributed by atoms with Crippen LogP contribution in [0.5, 0.6) is 0 Å². The lowest BCUT2D eigenvalue weighted by Crippen LogP contribution is -2.14. The number of rotatable bonds is 3. The van der Waals surface area contributed by atoms with Crippen LogP contribution in [-0.2, 0) is 10.0 Å². The number of nitrogens with zero attached hydrogens (tertiary/aromatic N) is 3. The quantitative estimate of drug-likeness (QED) is 0.887. The minimum Gasteiger partial charge on any atom is -0.314 e. The molecule has 1 N–H and O–H groups in total. The van der Waals surface area contributed by atoms with E-state index in [0.29, 0.717) is 5.82 Å². The second-order valence-electron chi connectivity index (χ2n) is 3.36. The van der Waals surface area contributed by atoms with E-state index in [2.05, 4.69) is 19.4 Å². The van der Waals surface area contributed by atoms with Gasteiger partial charge in [0, 0.05) is 0 Å². The Morgan fingerprint density at radius 2 is 2.11 bits per heavy atom. The first kappa shape index (κ1) is 12.1. The summed E-state index contributed by atoms with van der Waals surface area (Å²) in [6.45, 7) is 1.56. The van der Waals surface area contributed by atoms with Gasteiger partial charge in [0.05, 0.1) is 5.56 Å². The number of aromatic nitrogens is 2. The highest BCUT2D eigenvalue weighted by Crippen LogP contribution is 2.17. The highest BCUT2D eigenvalue weighted by atomic mass is 32.2. The SMILES string of the molecule is Cc1noc(NS(=O)(=O)c2ccccc2C#N)n1. The van der Waals surface area contributed by atoms with Crippen LogP contribution in [0, 0.1) is 18.3 Å². The molecule has 0 bridgehead atoms. The minimum atomic E-state index is -3.91. The first-order valence-electron chi connectivity index (χ1n) is 4.85. The van der Waals surface area contributed by atoms with E-state index in [9.17, 15) is 8.42 Å². The summed E-state index contributed by atoms with van der Waals surface area (Å²) in [6.07, 6.45) is 0. The zero-order chi connectivity index (χ0) is 13.2. The van der Waals surface area contributed by atoms with Gasteiger partial charge in [-0.3, -0.25) is 0 Å². The zero-order valence-electron chi connectivity index (χ0n) is 9.28. The van der Waals surface area contributed by atoms with Crippen LogP contribution in [0.2, 0.25) is 0 Å². The van der Waals surface area contributed by atoms with Crippen LogP contribution in [0.4, 0.5) is 6.01 Å². The van der Waals surface area contributed by atoms with E-state index in [1.54, 1.807) is 19.1 Å². The van der Waals surface area contributed by atoms with E-state index in [0.717, 1.165) is 0 Å². The van der Waals surface area contributed by atoms with Gasteiger partial charge in [-0.05, 0) is 19.1 Å². The van der Waals surface area contributed by atoms with Crippen molar-refractivity contribution < 1.29 is 12.9 Å². The molecule has 0 atom stereocenters. The van der Waals surface area contributed by atoms with Gasteiger partial charge in [0.2, 0.25) is 0 Å². The third kappa shape index (κ3) is 2.31. The van der Waals surface area contributed by atoms with Crippen molar-refractivity contribution in [3.8, 4) is 6.07 Å². The molecule has 7 nitrogen and oxygen atoms in total. The van der Waals surface area contributed by atoms with Crippen molar-refractivity contribution in [1.29, 1.82) is 5.26 Å². The predicted octanol–water partition coefficient (Wildman–Crippen LogP) is 1.05. The Hall–Kier alpha value is -2.40. The lowest BCUT2D eigenvalue weighted by Gasteiger charge is -2.04. The van der Waals surface area contributed by atoms with Gasteiger partial charge < -0.3 is 4.52 Å². The van der Waals surface area contributed by atoms with Crippen molar-refractivity contribution >= 4 is 16.0 Å². The maximum atomic E-state index is 12.0. The Balaban J connectivity index is 2.40. The van der Waals surface area contributed by atoms with Crippen LogP contribution >= 0.6 is 0 Å². The van der Waals surface area contributed by atoms with Crippen molar-refractivity contribution in [3.05, 3.63) is 35.7 Å². The molecule has 2 aromatic rings. The fraction of sp³-hybridized carbons (Fsp3) is 0.100. The van der Waals surface area contributed by atoms with Crippen LogP contribution in [-0.4, -0.2) is 18.6 Å². The molecule has 0 fully saturated rings. The normalized spacial score (nSPS) is 10.9. The smallest absolute Gasteiger partial charge is 0.314 e. The molecule has 8 heteroatoms. The van der Waals surface area contributed by atoms with E-state index in [4.69, 9.17) is 5.26 Å². The first-order chi connectivity index (χ1) is 8.53. The van der Waals surface area contributed by atoms with Gasteiger partial charge in [-0.2, -0.15) is 10.2 Å². The molecular formula is C10H8N4O3S. The summed E-state index contributed by atoms with van der Waals surface area (Å²) in [6, 6.07) is 7.40. The highest BCUT2D eigenvalue weighted by molar-refractivity contribution is 7.92. The molecule has 0 aliphatic carbocycles. The molecule has 2 rings (SSSR count). The molecule has 92 valence electrons. The number of nitrogens with one attached hydrogen (secondary N) is 1. The van der Waals surface area contributed by atoms with Crippen molar-refractivity contribution in [3.63, 3.8) is 0 Å². The molecule has 1 aromatic heterocycles. The van der Waals surface area contributed by atoms with Crippen LogP contribution in [0.15, 0.2) is 33.7 Å². The molecule has 0 radical (unpaired) electrons. The Bertz CT molecular complexity index is 715. The van der Waals surface area contributed by atoms with Gasteiger partial charge in [0.15, 0.2) is 5.82 Å².